The average Bonchev–Trinajstić information content (AvgIpc) is 2.98. The summed E-state index contributed by atoms with van der Waals surface area (Å²) in [5.41, 5.74) is 0.468. The predicted octanol–water partition coefficient (Wildman–Crippen LogP) is 1.12. The van der Waals surface area contributed by atoms with E-state index in [0.29, 0.717) is 5.56 Å². The number of thioether (sulfide) groups is 1. The third-order valence-corrected chi connectivity index (χ3v) is 5.51. The van der Waals surface area contributed by atoms with Gasteiger partial charge in [-0.15, -0.1) is 0 Å². The van der Waals surface area contributed by atoms with Crippen LogP contribution in [0.3, 0.4) is 0 Å². The molecule has 28 heavy (non-hydrogen) atoms. The monoisotopic (exact) mass is 407 g/mol. The SMILES string of the molecule is COCC1C(=O)N2C(C(=O)OCc3ccc([N+](=O)[O-])cc3)=C(NC(C)=O)S[C@@H]12. The van der Waals surface area contributed by atoms with Crippen molar-refractivity contribution in [3.63, 3.8) is 0 Å². The predicted molar refractivity (Wildman–Crippen MR) is 97.3 cm³/mol. The van der Waals surface area contributed by atoms with Gasteiger partial charge >= 0.3 is 5.97 Å². The first-order chi connectivity index (χ1) is 13.3. The summed E-state index contributed by atoms with van der Waals surface area (Å²) in [6.45, 7) is 1.38. The van der Waals surface area contributed by atoms with E-state index in [1.54, 1.807) is 0 Å². The van der Waals surface area contributed by atoms with Gasteiger partial charge in [-0.2, -0.15) is 0 Å². The topological polar surface area (TPSA) is 128 Å². The number of methoxy groups -OCH3 is 1. The van der Waals surface area contributed by atoms with E-state index >= 15 is 0 Å². The minimum atomic E-state index is -0.763. The van der Waals surface area contributed by atoms with E-state index in [1.807, 2.05) is 0 Å². The smallest absolute Gasteiger partial charge is 0.358 e. The summed E-state index contributed by atoms with van der Waals surface area (Å²) in [6.07, 6.45) is 0. The lowest BCUT2D eigenvalue weighted by molar-refractivity contribution is -0.384. The Hall–Kier alpha value is -2.92. The number of β-lactam (4-membered cyclic amide) rings is 1. The van der Waals surface area contributed by atoms with Crippen LogP contribution in [0.1, 0.15) is 12.5 Å². The second-order valence-corrected chi connectivity index (χ2v) is 7.26. The van der Waals surface area contributed by atoms with Crippen molar-refractivity contribution in [3.05, 3.63) is 50.7 Å². The Labute approximate surface area is 164 Å². The number of amides is 2. The Morgan fingerprint density at radius 2 is 2.00 bits per heavy atom. The molecule has 1 unspecified atom stereocenters. The standard InChI is InChI=1S/C17H17N3O7S/c1-9(21)18-14-13(19-15(22)12(8-26-2)16(19)28-14)17(23)27-7-10-3-5-11(6-4-10)20(24)25/h3-6,12,16H,7-8H2,1-2H3,(H,18,21)/t12?,16-/m0/s1. The van der Waals surface area contributed by atoms with Crippen molar-refractivity contribution < 1.29 is 28.8 Å². The van der Waals surface area contributed by atoms with Gasteiger partial charge in [-0.05, 0) is 17.7 Å². The minimum absolute atomic E-state index is 0.00975. The van der Waals surface area contributed by atoms with Gasteiger partial charge in [-0.1, -0.05) is 11.8 Å². The van der Waals surface area contributed by atoms with Gasteiger partial charge < -0.3 is 14.8 Å². The molecule has 10 nitrogen and oxygen atoms in total. The van der Waals surface area contributed by atoms with E-state index in [1.165, 1.54) is 55.0 Å². The molecule has 148 valence electrons. The summed E-state index contributed by atoms with van der Waals surface area (Å²) >= 11 is 1.20. The average molecular weight is 407 g/mol. The van der Waals surface area contributed by atoms with Crippen LogP contribution in [0.25, 0.3) is 0 Å². The lowest BCUT2D eigenvalue weighted by atomic mass is 9.98. The molecule has 0 saturated carbocycles. The van der Waals surface area contributed by atoms with Gasteiger partial charge in [0.2, 0.25) is 11.8 Å². The largest absolute Gasteiger partial charge is 0.456 e. The molecule has 1 saturated heterocycles. The highest BCUT2D eigenvalue weighted by atomic mass is 32.2. The molecule has 0 bridgehead atoms. The van der Waals surface area contributed by atoms with Crippen molar-refractivity contribution in [1.82, 2.24) is 10.2 Å². The Morgan fingerprint density at radius 3 is 2.57 bits per heavy atom. The van der Waals surface area contributed by atoms with Crippen molar-refractivity contribution in [2.75, 3.05) is 13.7 Å². The highest BCUT2D eigenvalue weighted by Gasteiger charge is 2.56. The van der Waals surface area contributed by atoms with Crippen LogP contribution in [0, 0.1) is 16.0 Å². The lowest BCUT2D eigenvalue weighted by Gasteiger charge is -2.41. The Kier molecular flexibility index (Phi) is 5.66. The van der Waals surface area contributed by atoms with E-state index in [9.17, 15) is 24.5 Å². The number of nitro groups is 1. The highest BCUT2D eigenvalue weighted by Crippen LogP contribution is 2.48. The number of benzene rings is 1. The molecule has 3 rings (SSSR count). The fourth-order valence-corrected chi connectivity index (χ4v) is 4.30. The Morgan fingerprint density at radius 1 is 1.32 bits per heavy atom. The number of ether oxygens (including phenoxy) is 2. The number of hydrogen-bond acceptors (Lipinski definition) is 8. The molecule has 2 atom stereocenters. The summed E-state index contributed by atoms with van der Waals surface area (Å²) in [6, 6.07) is 5.57. The molecule has 1 N–H and O–H groups in total. The molecule has 0 aromatic heterocycles. The summed E-state index contributed by atoms with van der Waals surface area (Å²) in [4.78, 5) is 47.9. The normalized spacial score (nSPS) is 20.5. The molecule has 1 fully saturated rings. The zero-order valence-electron chi connectivity index (χ0n) is 15.0. The fourth-order valence-electron chi connectivity index (χ4n) is 2.89. The van der Waals surface area contributed by atoms with E-state index in [-0.39, 0.29) is 46.8 Å². The minimum Gasteiger partial charge on any atom is -0.456 e. The molecule has 0 radical (unpaired) electrons. The van der Waals surface area contributed by atoms with Crippen LogP contribution >= 0.6 is 11.8 Å². The van der Waals surface area contributed by atoms with Gasteiger partial charge in [0.05, 0.1) is 17.4 Å². The zero-order chi connectivity index (χ0) is 20.4. The number of carbonyl (C=O) groups excluding carboxylic acids is 3. The maximum atomic E-state index is 12.6. The first-order valence-corrected chi connectivity index (χ1v) is 9.12. The molecule has 11 heteroatoms. The van der Waals surface area contributed by atoms with Crippen LogP contribution in [-0.2, 0) is 30.5 Å². The van der Waals surface area contributed by atoms with Crippen molar-refractivity contribution in [2.24, 2.45) is 5.92 Å². The van der Waals surface area contributed by atoms with E-state index in [2.05, 4.69) is 5.32 Å². The summed E-state index contributed by atoms with van der Waals surface area (Å²) in [5, 5.41) is 13.2. The van der Waals surface area contributed by atoms with Crippen molar-refractivity contribution in [3.8, 4) is 0 Å². The van der Waals surface area contributed by atoms with Gasteiger partial charge in [-0.3, -0.25) is 24.6 Å². The van der Waals surface area contributed by atoms with Gasteiger partial charge in [0, 0.05) is 26.2 Å². The number of esters is 1. The molecule has 2 amide bonds. The quantitative estimate of drug-likeness (QED) is 0.308. The number of carbonyl (C=O) groups is 3. The number of hydrogen-bond donors (Lipinski definition) is 1. The maximum Gasteiger partial charge on any atom is 0.358 e. The van der Waals surface area contributed by atoms with Crippen LogP contribution in [0.15, 0.2) is 35.0 Å². The summed E-state index contributed by atoms with van der Waals surface area (Å²) in [7, 11) is 1.48. The fraction of sp³-hybridized carbons (Fsp3) is 0.353. The Bertz CT molecular complexity index is 868. The summed E-state index contributed by atoms with van der Waals surface area (Å²) < 4.78 is 10.3. The molecule has 0 spiro atoms. The molecule has 2 aliphatic heterocycles. The van der Waals surface area contributed by atoms with Crippen molar-refractivity contribution >= 4 is 35.2 Å². The Balaban J connectivity index is 1.73. The van der Waals surface area contributed by atoms with Gasteiger partial charge in [0.15, 0.2) is 5.70 Å². The van der Waals surface area contributed by atoms with E-state index < -0.39 is 16.8 Å². The van der Waals surface area contributed by atoms with Crippen LogP contribution in [-0.4, -0.2) is 46.7 Å². The maximum absolute atomic E-state index is 12.6. The van der Waals surface area contributed by atoms with Crippen LogP contribution in [0.5, 0.6) is 0 Å². The molecule has 1 aromatic rings. The number of nitro benzene ring substituents is 1. The molecule has 0 aliphatic carbocycles. The van der Waals surface area contributed by atoms with Gasteiger partial charge in [0.1, 0.15) is 17.0 Å². The highest BCUT2D eigenvalue weighted by molar-refractivity contribution is 8.04. The molecular formula is C17H17N3O7S. The summed E-state index contributed by atoms with van der Waals surface area (Å²) in [5.74, 6) is -1.82. The first-order valence-electron chi connectivity index (χ1n) is 8.24. The third-order valence-electron chi connectivity index (χ3n) is 4.19. The third kappa shape index (κ3) is 3.71. The lowest BCUT2D eigenvalue weighted by Crippen LogP contribution is -2.58. The van der Waals surface area contributed by atoms with Gasteiger partial charge in [-0.25, -0.2) is 4.79 Å². The van der Waals surface area contributed by atoms with Crippen molar-refractivity contribution in [1.29, 1.82) is 0 Å². The van der Waals surface area contributed by atoms with Crippen LogP contribution in [0.4, 0.5) is 5.69 Å². The van der Waals surface area contributed by atoms with Gasteiger partial charge in [0.25, 0.3) is 5.69 Å². The van der Waals surface area contributed by atoms with E-state index in [4.69, 9.17) is 9.47 Å². The molecule has 2 heterocycles. The molecule has 2 aliphatic rings. The molecule has 1 aromatic carbocycles. The second kappa shape index (κ2) is 7.98. The first kappa shape index (κ1) is 19.8. The van der Waals surface area contributed by atoms with Crippen molar-refractivity contribution in [2.45, 2.75) is 18.9 Å². The number of fused-ring (bicyclic) bond motifs is 1. The van der Waals surface area contributed by atoms with Crippen LogP contribution < -0.4 is 5.32 Å². The number of rotatable bonds is 7. The molecular weight excluding hydrogens is 390 g/mol. The number of nitrogens with zero attached hydrogens (tertiary/aromatic N) is 2. The van der Waals surface area contributed by atoms with Crippen LogP contribution in [0.2, 0.25) is 0 Å². The zero-order valence-corrected chi connectivity index (χ0v) is 15.9. The number of non-ortho nitro benzene ring substituents is 1. The van der Waals surface area contributed by atoms with E-state index in [0.717, 1.165) is 0 Å². The number of nitrogens with one attached hydrogen (secondary N) is 1. The second-order valence-electron chi connectivity index (χ2n) is 6.14.